The van der Waals surface area contributed by atoms with Crippen LogP contribution in [0.5, 0.6) is 0 Å². The molecule has 4 nitrogen and oxygen atoms in total. The van der Waals surface area contributed by atoms with Gasteiger partial charge in [-0.25, -0.2) is 8.78 Å². The molecule has 0 saturated carbocycles. The number of hydrogen-bond donors (Lipinski definition) is 1. The quantitative estimate of drug-likeness (QED) is 0.816. The Morgan fingerprint density at radius 2 is 2.09 bits per heavy atom. The third-order valence-corrected chi connectivity index (χ3v) is 4.44. The lowest BCUT2D eigenvalue weighted by Crippen LogP contribution is -2.36. The molecule has 1 unspecified atom stereocenters. The van der Waals surface area contributed by atoms with Crippen molar-refractivity contribution in [2.45, 2.75) is 31.8 Å². The lowest BCUT2D eigenvalue weighted by Gasteiger charge is -2.33. The zero-order valence-corrected chi connectivity index (χ0v) is 13.3. The Morgan fingerprint density at radius 1 is 1.39 bits per heavy atom. The Hall–Kier alpha value is -1.53. The standard InChI is InChI=1S/C17H23F2NO3/c1-23-17(22)5-2-12-6-8-20(9-7-12)11-16(21)14-10-13(18)3-4-15(14)19/h3-4,10,12,16,21H,2,5-9,11H2,1H3. The van der Waals surface area contributed by atoms with Gasteiger partial charge in [-0.2, -0.15) is 0 Å². The second-order valence-corrected chi connectivity index (χ2v) is 6.04. The van der Waals surface area contributed by atoms with Gasteiger partial charge in [-0.15, -0.1) is 0 Å². The van der Waals surface area contributed by atoms with Crippen LogP contribution < -0.4 is 0 Å². The van der Waals surface area contributed by atoms with Crippen LogP contribution in [0.3, 0.4) is 0 Å². The summed E-state index contributed by atoms with van der Waals surface area (Å²) in [6.07, 6.45) is 2.04. The molecule has 0 bridgehead atoms. The highest BCUT2D eigenvalue weighted by Gasteiger charge is 2.23. The molecule has 0 radical (unpaired) electrons. The number of methoxy groups -OCH3 is 1. The molecule has 0 spiro atoms. The normalized spacial score (nSPS) is 17.9. The van der Waals surface area contributed by atoms with E-state index in [1.165, 1.54) is 7.11 Å². The fourth-order valence-electron chi connectivity index (χ4n) is 2.99. The Kier molecular flexibility index (Phi) is 6.47. The third-order valence-electron chi connectivity index (χ3n) is 4.44. The lowest BCUT2D eigenvalue weighted by molar-refractivity contribution is -0.141. The molecule has 2 rings (SSSR count). The van der Waals surface area contributed by atoms with Gasteiger partial charge in [0.1, 0.15) is 11.6 Å². The van der Waals surface area contributed by atoms with Gasteiger partial charge in [-0.05, 0) is 56.5 Å². The van der Waals surface area contributed by atoms with Gasteiger partial charge >= 0.3 is 5.97 Å². The number of β-amino-alcohol motifs (C(OH)–C–C–N with tert-alkyl or cyclic N) is 1. The van der Waals surface area contributed by atoms with Crippen LogP contribution >= 0.6 is 0 Å². The van der Waals surface area contributed by atoms with Crippen LogP contribution in [-0.4, -0.2) is 42.7 Å². The maximum Gasteiger partial charge on any atom is 0.305 e. The van der Waals surface area contributed by atoms with Gasteiger partial charge in [0.2, 0.25) is 0 Å². The summed E-state index contributed by atoms with van der Waals surface area (Å²) >= 11 is 0. The second-order valence-electron chi connectivity index (χ2n) is 6.04. The summed E-state index contributed by atoms with van der Waals surface area (Å²) in [6.45, 7) is 1.84. The Balaban J connectivity index is 1.79. The number of aliphatic hydroxyl groups excluding tert-OH is 1. The first-order chi connectivity index (χ1) is 11.0. The van der Waals surface area contributed by atoms with Crippen LogP contribution in [0.2, 0.25) is 0 Å². The summed E-state index contributed by atoms with van der Waals surface area (Å²) in [5.41, 5.74) is -0.00202. The summed E-state index contributed by atoms with van der Waals surface area (Å²) in [4.78, 5) is 13.2. The molecule has 1 aromatic rings. The SMILES string of the molecule is COC(=O)CCC1CCN(CC(O)c2cc(F)ccc2F)CC1. The predicted molar refractivity (Wildman–Crippen MR) is 81.7 cm³/mol. The van der Waals surface area contributed by atoms with E-state index in [0.717, 1.165) is 50.6 Å². The number of nitrogens with zero attached hydrogens (tertiary/aromatic N) is 1. The number of hydrogen-bond acceptors (Lipinski definition) is 4. The number of esters is 1. The van der Waals surface area contributed by atoms with Crippen molar-refractivity contribution in [2.24, 2.45) is 5.92 Å². The van der Waals surface area contributed by atoms with Crippen LogP contribution in [0.1, 0.15) is 37.4 Å². The Morgan fingerprint density at radius 3 is 2.74 bits per heavy atom. The molecule has 0 aliphatic carbocycles. The molecule has 1 aliphatic rings. The molecular weight excluding hydrogens is 304 g/mol. The number of aliphatic hydroxyl groups is 1. The largest absolute Gasteiger partial charge is 0.469 e. The molecule has 0 aromatic heterocycles. The van der Waals surface area contributed by atoms with E-state index in [4.69, 9.17) is 0 Å². The lowest BCUT2D eigenvalue weighted by atomic mass is 9.92. The highest BCUT2D eigenvalue weighted by molar-refractivity contribution is 5.69. The fourth-order valence-corrected chi connectivity index (χ4v) is 2.99. The monoisotopic (exact) mass is 327 g/mol. The van der Waals surface area contributed by atoms with Crippen LogP contribution in [-0.2, 0) is 9.53 Å². The average molecular weight is 327 g/mol. The van der Waals surface area contributed by atoms with Crippen molar-refractivity contribution < 1.29 is 23.4 Å². The van der Waals surface area contributed by atoms with Gasteiger partial charge in [-0.3, -0.25) is 4.79 Å². The van der Waals surface area contributed by atoms with Gasteiger partial charge in [0.05, 0.1) is 13.2 Å². The minimum absolute atomic E-state index is 0.00202. The molecule has 6 heteroatoms. The Bertz CT molecular complexity index is 531. The Labute approximate surface area is 135 Å². The van der Waals surface area contributed by atoms with Gasteiger partial charge in [0.25, 0.3) is 0 Å². The van der Waals surface area contributed by atoms with E-state index in [2.05, 4.69) is 4.74 Å². The minimum atomic E-state index is -1.04. The van der Waals surface area contributed by atoms with E-state index in [1.54, 1.807) is 0 Å². The summed E-state index contributed by atoms with van der Waals surface area (Å²) in [5, 5.41) is 10.1. The van der Waals surface area contributed by atoms with Gasteiger partial charge in [0.15, 0.2) is 0 Å². The number of ether oxygens (including phenoxy) is 1. The summed E-state index contributed by atoms with van der Waals surface area (Å²) in [5.74, 6) is -0.869. The molecule has 1 saturated heterocycles. The van der Waals surface area contributed by atoms with Crippen LogP contribution in [0.25, 0.3) is 0 Å². The summed E-state index contributed by atoms with van der Waals surface area (Å²) < 4.78 is 31.5. The van der Waals surface area contributed by atoms with Crippen LogP contribution in [0.15, 0.2) is 18.2 Å². The molecule has 1 aliphatic heterocycles. The van der Waals surface area contributed by atoms with Crippen molar-refractivity contribution in [3.05, 3.63) is 35.4 Å². The molecular formula is C17H23F2NO3. The fraction of sp³-hybridized carbons (Fsp3) is 0.588. The van der Waals surface area contributed by atoms with E-state index in [9.17, 15) is 18.7 Å². The van der Waals surface area contributed by atoms with Crippen molar-refractivity contribution in [3.8, 4) is 0 Å². The smallest absolute Gasteiger partial charge is 0.305 e. The molecule has 0 amide bonds. The highest BCUT2D eigenvalue weighted by Crippen LogP contribution is 2.25. The predicted octanol–water partition coefficient (Wildman–Crippen LogP) is 2.66. The molecule has 1 aromatic carbocycles. The number of carbonyl (C=O) groups excluding carboxylic acids is 1. The average Bonchev–Trinajstić information content (AvgIpc) is 2.56. The van der Waals surface area contributed by atoms with E-state index in [-0.39, 0.29) is 18.1 Å². The topological polar surface area (TPSA) is 49.8 Å². The molecule has 1 heterocycles. The summed E-state index contributed by atoms with van der Waals surface area (Å²) in [7, 11) is 1.39. The number of halogens is 2. The summed E-state index contributed by atoms with van der Waals surface area (Å²) in [6, 6.07) is 3.12. The maximum atomic E-state index is 13.7. The first kappa shape index (κ1) is 17.8. The van der Waals surface area contributed by atoms with Crippen LogP contribution in [0.4, 0.5) is 8.78 Å². The van der Waals surface area contributed by atoms with E-state index in [0.29, 0.717) is 12.3 Å². The van der Waals surface area contributed by atoms with Gasteiger partial charge < -0.3 is 14.7 Å². The van der Waals surface area contributed by atoms with Gasteiger partial charge in [0, 0.05) is 18.5 Å². The number of carbonyl (C=O) groups is 1. The molecule has 23 heavy (non-hydrogen) atoms. The number of piperidine rings is 1. The number of likely N-dealkylation sites (tertiary alicyclic amines) is 1. The van der Waals surface area contributed by atoms with Crippen molar-refractivity contribution in [2.75, 3.05) is 26.7 Å². The molecule has 1 fully saturated rings. The zero-order chi connectivity index (χ0) is 16.8. The molecule has 1 atom stereocenters. The maximum absolute atomic E-state index is 13.7. The first-order valence-corrected chi connectivity index (χ1v) is 7.91. The van der Waals surface area contributed by atoms with Crippen molar-refractivity contribution in [3.63, 3.8) is 0 Å². The third kappa shape index (κ3) is 5.25. The van der Waals surface area contributed by atoms with Crippen LogP contribution in [0, 0.1) is 17.6 Å². The van der Waals surface area contributed by atoms with Crippen molar-refractivity contribution in [1.82, 2.24) is 4.90 Å². The minimum Gasteiger partial charge on any atom is -0.469 e. The number of rotatable bonds is 6. The van der Waals surface area contributed by atoms with Crippen molar-refractivity contribution >= 4 is 5.97 Å². The van der Waals surface area contributed by atoms with E-state index in [1.807, 2.05) is 4.90 Å². The highest BCUT2D eigenvalue weighted by atomic mass is 19.1. The molecule has 128 valence electrons. The van der Waals surface area contributed by atoms with Gasteiger partial charge in [-0.1, -0.05) is 0 Å². The van der Waals surface area contributed by atoms with E-state index < -0.39 is 17.7 Å². The molecule has 1 N–H and O–H groups in total. The number of benzene rings is 1. The van der Waals surface area contributed by atoms with E-state index >= 15 is 0 Å². The zero-order valence-electron chi connectivity index (χ0n) is 13.3. The first-order valence-electron chi connectivity index (χ1n) is 7.91. The van der Waals surface area contributed by atoms with Crippen molar-refractivity contribution in [1.29, 1.82) is 0 Å². The second kappa shape index (κ2) is 8.36.